The third-order valence-corrected chi connectivity index (χ3v) is 6.72. The molecule has 0 amide bonds. The lowest BCUT2D eigenvalue weighted by Gasteiger charge is -2.36. The lowest BCUT2D eigenvalue weighted by Crippen LogP contribution is -2.36. The van der Waals surface area contributed by atoms with E-state index in [9.17, 15) is 4.79 Å². The molecule has 0 bridgehead atoms. The minimum atomic E-state index is -0.261. The van der Waals surface area contributed by atoms with Crippen LogP contribution in [-0.4, -0.2) is 27.2 Å². The van der Waals surface area contributed by atoms with Gasteiger partial charge in [0.1, 0.15) is 29.8 Å². The summed E-state index contributed by atoms with van der Waals surface area (Å²) in [7, 11) is 0. The molecule has 1 saturated carbocycles. The van der Waals surface area contributed by atoms with E-state index >= 15 is 0 Å². The van der Waals surface area contributed by atoms with E-state index < -0.39 is 0 Å². The molecule has 0 radical (unpaired) electrons. The quantitative estimate of drug-likeness (QED) is 0.375. The molecule has 5 nitrogen and oxygen atoms in total. The van der Waals surface area contributed by atoms with Gasteiger partial charge in [-0.15, -0.1) is 0 Å². The van der Waals surface area contributed by atoms with Crippen LogP contribution in [0.2, 0.25) is 0 Å². The van der Waals surface area contributed by atoms with Crippen molar-refractivity contribution in [2.75, 3.05) is 0 Å². The van der Waals surface area contributed by atoms with E-state index in [2.05, 4.69) is 20.8 Å². The molecule has 0 aliphatic heterocycles. The number of nitrogens with zero attached hydrogens (tertiary/aromatic N) is 2. The molecular formula is C29H38N2O3. The number of ether oxygens (including phenoxy) is 2. The number of para-hydroxylation sites is 2. The van der Waals surface area contributed by atoms with Crippen LogP contribution in [0.1, 0.15) is 60.8 Å². The maximum absolute atomic E-state index is 13.2. The van der Waals surface area contributed by atoms with Crippen molar-refractivity contribution in [1.82, 2.24) is 9.55 Å². The lowest BCUT2D eigenvalue weighted by atomic mass is 9.75. The van der Waals surface area contributed by atoms with E-state index in [-0.39, 0.29) is 24.2 Å². The summed E-state index contributed by atoms with van der Waals surface area (Å²) >= 11 is 0. The third-order valence-electron chi connectivity index (χ3n) is 6.72. The summed E-state index contributed by atoms with van der Waals surface area (Å²) in [5.74, 6) is 2.90. The van der Waals surface area contributed by atoms with Crippen molar-refractivity contribution in [3.63, 3.8) is 0 Å². The lowest BCUT2D eigenvalue weighted by molar-refractivity contribution is -0.156. The third kappa shape index (κ3) is 5.63. The number of esters is 1. The highest BCUT2D eigenvalue weighted by atomic mass is 16.5. The second kappa shape index (κ2) is 9.81. The number of carbonyl (C=O) groups is 1. The highest BCUT2D eigenvalue weighted by Crippen LogP contribution is 2.36. The van der Waals surface area contributed by atoms with Gasteiger partial charge in [0.15, 0.2) is 0 Å². The monoisotopic (exact) mass is 462 g/mol. The smallest absolute Gasteiger partial charge is 0.326 e. The van der Waals surface area contributed by atoms with E-state index in [1.807, 2.05) is 73.9 Å². The van der Waals surface area contributed by atoms with Gasteiger partial charge in [0.25, 0.3) is 0 Å². The zero-order valence-electron chi connectivity index (χ0n) is 21.4. The van der Waals surface area contributed by atoms with Crippen LogP contribution in [0.3, 0.4) is 0 Å². The Labute approximate surface area is 203 Å². The largest absolute Gasteiger partial charge is 0.488 e. The Balaban J connectivity index is 1.60. The topological polar surface area (TPSA) is 53.4 Å². The van der Waals surface area contributed by atoms with Crippen LogP contribution in [0.4, 0.5) is 0 Å². The summed E-state index contributed by atoms with van der Waals surface area (Å²) in [4.78, 5) is 18.1. The number of hydrogen-bond donors (Lipinski definition) is 0. The molecule has 1 aliphatic carbocycles. The molecule has 3 atom stereocenters. The van der Waals surface area contributed by atoms with E-state index in [4.69, 9.17) is 14.5 Å². The SMILES string of the molecule is CC(C)[C@@H]1CC[C@@H](C)CC1OC(=O)Cn1c(-c2ccc(OC(C)(C)C)cc2)nc2ccccc21. The first-order chi connectivity index (χ1) is 16.1. The molecule has 1 unspecified atom stereocenters. The summed E-state index contributed by atoms with van der Waals surface area (Å²) in [6.07, 6.45) is 3.27. The van der Waals surface area contributed by atoms with E-state index in [1.165, 1.54) is 6.42 Å². The molecule has 1 aromatic heterocycles. The predicted molar refractivity (Wildman–Crippen MR) is 137 cm³/mol. The Morgan fingerprint density at radius 2 is 1.79 bits per heavy atom. The number of hydrogen-bond acceptors (Lipinski definition) is 4. The molecule has 1 fully saturated rings. The van der Waals surface area contributed by atoms with E-state index in [0.717, 1.165) is 41.0 Å². The Morgan fingerprint density at radius 3 is 2.47 bits per heavy atom. The minimum Gasteiger partial charge on any atom is -0.488 e. The van der Waals surface area contributed by atoms with Crippen molar-refractivity contribution in [2.45, 2.75) is 79.1 Å². The number of fused-ring (bicyclic) bond motifs is 1. The normalized spacial score (nSPS) is 21.1. The van der Waals surface area contributed by atoms with Crippen LogP contribution in [0.5, 0.6) is 5.75 Å². The van der Waals surface area contributed by atoms with Crippen LogP contribution in [0.25, 0.3) is 22.4 Å². The molecule has 4 rings (SSSR count). The van der Waals surface area contributed by atoms with Gasteiger partial charge in [-0.1, -0.05) is 39.3 Å². The molecule has 5 heteroatoms. The zero-order valence-corrected chi connectivity index (χ0v) is 21.4. The first-order valence-electron chi connectivity index (χ1n) is 12.5. The van der Waals surface area contributed by atoms with Gasteiger partial charge in [0.05, 0.1) is 11.0 Å². The Morgan fingerprint density at radius 1 is 1.09 bits per heavy atom. The standard InChI is InChI=1S/C29H38N2O3/c1-19(2)23-16-11-20(3)17-26(23)33-27(32)18-31-25-10-8-7-9-24(25)30-28(31)21-12-14-22(15-13-21)34-29(4,5)6/h7-10,12-15,19-20,23,26H,11,16-18H2,1-6H3/t20-,23+,26?/m1/s1. The fraction of sp³-hybridized carbons (Fsp3) is 0.517. The number of carbonyl (C=O) groups excluding carboxylic acids is 1. The number of aromatic nitrogens is 2. The van der Waals surface area contributed by atoms with Crippen LogP contribution >= 0.6 is 0 Å². The Kier molecular flexibility index (Phi) is 7.01. The van der Waals surface area contributed by atoms with Gasteiger partial charge in [0, 0.05) is 5.56 Å². The summed E-state index contributed by atoms with van der Waals surface area (Å²) in [6.45, 7) is 13.0. The van der Waals surface area contributed by atoms with E-state index in [0.29, 0.717) is 17.8 Å². The maximum Gasteiger partial charge on any atom is 0.326 e. The van der Waals surface area contributed by atoms with Crippen molar-refractivity contribution in [2.24, 2.45) is 17.8 Å². The maximum atomic E-state index is 13.2. The Hall–Kier alpha value is -2.82. The second-order valence-corrected chi connectivity index (χ2v) is 11.1. The first-order valence-corrected chi connectivity index (χ1v) is 12.5. The van der Waals surface area contributed by atoms with Crippen molar-refractivity contribution in [3.05, 3.63) is 48.5 Å². The summed E-state index contributed by atoms with van der Waals surface area (Å²) in [6, 6.07) is 15.9. The molecule has 34 heavy (non-hydrogen) atoms. The predicted octanol–water partition coefficient (Wildman–Crippen LogP) is 6.88. The fourth-order valence-corrected chi connectivity index (χ4v) is 5.07. The summed E-state index contributed by atoms with van der Waals surface area (Å²) in [5, 5.41) is 0. The molecule has 0 N–H and O–H groups in total. The second-order valence-electron chi connectivity index (χ2n) is 11.1. The number of rotatable bonds is 6. The van der Waals surface area contributed by atoms with Gasteiger partial charge in [0.2, 0.25) is 0 Å². The number of imidazole rings is 1. The molecule has 0 saturated heterocycles. The van der Waals surface area contributed by atoms with Gasteiger partial charge in [-0.2, -0.15) is 0 Å². The van der Waals surface area contributed by atoms with Crippen LogP contribution in [0, 0.1) is 17.8 Å². The average Bonchev–Trinajstić information content (AvgIpc) is 3.11. The van der Waals surface area contributed by atoms with Crippen molar-refractivity contribution in [1.29, 1.82) is 0 Å². The molecule has 0 spiro atoms. The van der Waals surface area contributed by atoms with Crippen molar-refractivity contribution >= 4 is 17.0 Å². The molecule has 1 heterocycles. The summed E-state index contributed by atoms with van der Waals surface area (Å²) in [5.41, 5.74) is 2.48. The molecule has 182 valence electrons. The van der Waals surface area contributed by atoms with E-state index in [1.54, 1.807) is 0 Å². The van der Waals surface area contributed by atoms with Crippen LogP contribution in [0.15, 0.2) is 48.5 Å². The van der Waals surface area contributed by atoms with Gasteiger partial charge in [-0.05, 0) is 87.8 Å². The molecule has 3 aromatic rings. The zero-order chi connectivity index (χ0) is 24.5. The van der Waals surface area contributed by atoms with Gasteiger partial charge in [-0.25, -0.2) is 4.98 Å². The van der Waals surface area contributed by atoms with Crippen molar-refractivity contribution in [3.8, 4) is 17.1 Å². The van der Waals surface area contributed by atoms with Gasteiger partial charge >= 0.3 is 5.97 Å². The van der Waals surface area contributed by atoms with Crippen LogP contribution in [-0.2, 0) is 16.1 Å². The number of benzene rings is 2. The highest BCUT2D eigenvalue weighted by Gasteiger charge is 2.33. The fourth-order valence-electron chi connectivity index (χ4n) is 5.07. The highest BCUT2D eigenvalue weighted by molar-refractivity contribution is 5.83. The Bertz CT molecular complexity index is 1120. The van der Waals surface area contributed by atoms with Gasteiger partial charge < -0.3 is 14.0 Å². The van der Waals surface area contributed by atoms with Gasteiger partial charge in [-0.3, -0.25) is 4.79 Å². The average molecular weight is 463 g/mol. The van der Waals surface area contributed by atoms with Crippen molar-refractivity contribution < 1.29 is 14.3 Å². The summed E-state index contributed by atoms with van der Waals surface area (Å²) < 4.78 is 14.1. The minimum absolute atomic E-state index is 0.0108. The first kappa shape index (κ1) is 24.3. The van der Waals surface area contributed by atoms with Crippen LogP contribution < -0.4 is 4.74 Å². The molecule has 2 aromatic carbocycles. The molecule has 1 aliphatic rings. The molecular weight excluding hydrogens is 424 g/mol.